The number of ketones is 2. The molecular weight excluding hydrogens is 492 g/mol. The second-order valence-corrected chi connectivity index (χ2v) is 11.5. The van der Waals surface area contributed by atoms with Crippen LogP contribution < -0.4 is 4.90 Å². The van der Waals surface area contributed by atoms with Crippen molar-refractivity contribution in [3.05, 3.63) is 18.0 Å². The molecule has 0 aromatic carbocycles. The fraction of sp³-hybridized carbons (Fsp3) is 0.741. The molecule has 5 rings (SSSR count). The van der Waals surface area contributed by atoms with Gasteiger partial charge in [0.1, 0.15) is 11.3 Å². The summed E-state index contributed by atoms with van der Waals surface area (Å²) in [6.45, 7) is 8.88. The van der Waals surface area contributed by atoms with Crippen molar-refractivity contribution in [2.45, 2.75) is 70.4 Å². The maximum Gasteiger partial charge on any atom is 0.410 e. The van der Waals surface area contributed by atoms with E-state index in [0.717, 1.165) is 12.8 Å². The molecule has 0 bridgehead atoms. The number of Topliss-reactive ketones (excluding diaryl/α,β-unsaturated/α-hetero) is 2. The topological polar surface area (TPSA) is 120 Å². The number of hydrogen-bond donors (Lipinski definition) is 0. The maximum absolute atomic E-state index is 13.8. The average molecular weight is 531 g/mol. The number of rotatable bonds is 3. The van der Waals surface area contributed by atoms with E-state index < -0.39 is 29.2 Å². The Balaban J connectivity index is 1.30. The number of aromatic nitrogens is 2. The number of ether oxygens (including phenoxy) is 4. The van der Waals surface area contributed by atoms with Gasteiger partial charge in [0.15, 0.2) is 17.7 Å². The van der Waals surface area contributed by atoms with Gasteiger partial charge in [-0.3, -0.25) is 9.59 Å². The van der Waals surface area contributed by atoms with Crippen molar-refractivity contribution in [2.24, 2.45) is 11.8 Å². The molecule has 1 spiro atoms. The highest BCUT2D eigenvalue weighted by Crippen LogP contribution is 2.47. The number of amides is 1. The van der Waals surface area contributed by atoms with Crippen molar-refractivity contribution < 1.29 is 33.3 Å². The highest BCUT2D eigenvalue weighted by atomic mass is 16.7. The predicted molar refractivity (Wildman–Crippen MR) is 136 cm³/mol. The molecule has 1 aliphatic carbocycles. The van der Waals surface area contributed by atoms with Crippen LogP contribution in [-0.4, -0.2) is 96.0 Å². The van der Waals surface area contributed by atoms with E-state index in [-0.39, 0.29) is 23.5 Å². The third-order valence-electron chi connectivity index (χ3n) is 7.72. The third-order valence-corrected chi connectivity index (χ3v) is 7.72. The first-order chi connectivity index (χ1) is 18.2. The fourth-order valence-corrected chi connectivity index (χ4v) is 6.03. The van der Waals surface area contributed by atoms with Crippen LogP contribution in [0.15, 0.2) is 12.3 Å². The Morgan fingerprint density at radius 3 is 2.61 bits per heavy atom. The summed E-state index contributed by atoms with van der Waals surface area (Å²) in [5.74, 6) is -1.77. The molecule has 4 aliphatic rings. The maximum atomic E-state index is 13.8. The zero-order chi connectivity index (χ0) is 26.9. The Kier molecular flexibility index (Phi) is 7.70. The lowest BCUT2D eigenvalue weighted by molar-refractivity contribution is -0.222. The van der Waals surface area contributed by atoms with Gasteiger partial charge >= 0.3 is 6.09 Å². The van der Waals surface area contributed by atoms with Gasteiger partial charge in [0, 0.05) is 45.4 Å². The van der Waals surface area contributed by atoms with Crippen LogP contribution in [0.1, 0.15) is 63.4 Å². The molecule has 1 saturated carbocycles. The van der Waals surface area contributed by atoms with Crippen molar-refractivity contribution in [3.8, 4) is 0 Å². The SMILES string of the molecule is CC(C)(C)OC(=O)N1CCCN(c2nccc(C(=O)C3OCCC4CCCC5(OCCO5)C4C3=O)n2)CC1. The van der Waals surface area contributed by atoms with Gasteiger partial charge < -0.3 is 28.7 Å². The largest absolute Gasteiger partial charge is 0.444 e. The van der Waals surface area contributed by atoms with Crippen LogP contribution in [-0.2, 0) is 23.7 Å². The van der Waals surface area contributed by atoms with E-state index >= 15 is 0 Å². The van der Waals surface area contributed by atoms with Gasteiger partial charge in [-0.15, -0.1) is 0 Å². The average Bonchev–Trinajstić information content (AvgIpc) is 3.09. The van der Waals surface area contributed by atoms with Crippen LogP contribution >= 0.6 is 0 Å². The summed E-state index contributed by atoms with van der Waals surface area (Å²) in [5.41, 5.74) is -0.427. The molecule has 208 valence electrons. The molecule has 11 nitrogen and oxygen atoms in total. The minimum absolute atomic E-state index is 0.0677. The first-order valence-corrected chi connectivity index (χ1v) is 13.7. The summed E-state index contributed by atoms with van der Waals surface area (Å²) in [4.78, 5) is 52.5. The molecular formula is C27H38N4O7. The zero-order valence-electron chi connectivity index (χ0n) is 22.5. The second kappa shape index (κ2) is 10.9. The standard InChI is InChI=1S/C27H38N4O7/c1-26(2,3)38-25(34)31-12-5-11-30(13-14-31)24-28-10-7-19(29-24)21(32)23-22(33)20-18(8-15-35-23)6-4-9-27(20)36-16-17-37-27/h7,10,18,20,23H,4-6,8-9,11-17H2,1-3H3. The van der Waals surface area contributed by atoms with Gasteiger partial charge in [-0.05, 0) is 58.4 Å². The summed E-state index contributed by atoms with van der Waals surface area (Å²) >= 11 is 0. The molecule has 1 aromatic heterocycles. The Hall–Kier alpha value is -2.63. The molecule has 1 aromatic rings. The number of carbonyl (C=O) groups is 3. The molecule has 1 amide bonds. The molecule has 38 heavy (non-hydrogen) atoms. The molecule has 3 aliphatic heterocycles. The Labute approximate surface area is 223 Å². The molecule has 3 saturated heterocycles. The van der Waals surface area contributed by atoms with Crippen LogP contribution in [0.2, 0.25) is 0 Å². The fourth-order valence-electron chi connectivity index (χ4n) is 6.03. The van der Waals surface area contributed by atoms with Crippen molar-refractivity contribution in [2.75, 3.05) is 50.9 Å². The van der Waals surface area contributed by atoms with Crippen LogP contribution in [0.5, 0.6) is 0 Å². The number of hydrogen-bond acceptors (Lipinski definition) is 10. The summed E-state index contributed by atoms with van der Waals surface area (Å²) < 4.78 is 23.4. The normalized spacial score (nSPS) is 28.0. The Morgan fingerprint density at radius 2 is 1.84 bits per heavy atom. The van der Waals surface area contributed by atoms with Crippen molar-refractivity contribution in [1.82, 2.24) is 14.9 Å². The smallest absolute Gasteiger partial charge is 0.410 e. The Morgan fingerprint density at radius 1 is 1.05 bits per heavy atom. The molecule has 11 heteroatoms. The third kappa shape index (κ3) is 5.55. The summed E-state index contributed by atoms with van der Waals surface area (Å²) in [7, 11) is 0. The van der Waals surface area contributed by atoms with Gasteiger partial charge in [-0.1, -0.05) is 0 Å². The molecule has 4 fully saturated rings. The minimum atomic E-state index is -1.25. The van der Waals surface area contributed by atoms with Crippen molar-refractivity contribution in [1.29, 1.82) is 0 Å². The van der Waals surface area contributed by atoms with Crippen LogP contribution in [0.3, 0.4) is 0 Å². The van der Waals surface area contributed by atoms with E-state index in [0.29, 0.717) is 71.2 Å². The lowest BCUT2D eigenvalue weighted by Gasteiger charge is -2.42. The van der Waals surface area contributed by atoms with Crippen LogP contribution in [0.25, 0.3) is 0 Å². The lowest BCUT2D eigenvalue weighted by atomic mass is 9.70. The van der Waals surface area contributed by atoms with E-state index in [4.69, 9.17) is 18.9 Å². The lowest BCUT2D eigenvalue weighted by Crippen LogP contribution is -2.53. The monoisotopic (exact) mass is 530 g/mol. The van der Waals surface area contributed by atoms with E-state index in [2.05, 4.69) is 9.97 Å². The number of carbonyl (C=O) groups excluding carboxylic acids is 3. The number of nitrogens with zero attached hydrogens (tertiary/aromatic N) is 4. The molecule has 0 N–H and O–H groups in total. The van der Waals surface area contributed by atoms with Gasteiger partial charge in [0.2, 0.25) is 11.7 Å². The number of anilines is 1. The first-order valence-electron chi connectivity index (χ1n) is 13.7. The van der Waals surface area contributed by atoms with Crippen LogP contribution in [0.4, 0.5) is 10.7 Å². The van der Waals surface area contributed by atoms with E-state index in [1.807, 2.05) is 25.7 Å². The quantitative estimate of drug-likeness (QED) is 0.426. The zero-order valence-corrected chi connectivity index (χ0v) is 22.5. The summed E-state index contributed by atoms with van der Waals surface area (Å²) in [5, 5.41) is 0. The van der Waals surface area contributed by atoms with Crippen LogP contribution in [0, 0.1) is 11.8 Å². The van der Waals surface area contributed by atoms with E-state index in [9.17, 15) is 14.4 Å². The van der Waals surface area contributed by atoms with E-state index in [1.165, 1.54) is 12.3 Å². The first kappa shape index (κ1) is 27.0. The second-order valence-electron chi connectivity index (χ2n) is 11.5. The van der Waals surface area contributed by atoms with Crippen molar-refractivity contribution >= 4 is 23.6 Å². The Bertz CT molecular complexity index is 1050. The van der Waals surface area contributed by atoms with E-state index in [1.54, 1.807) is 4.90 Å². The van der Waals surface area contributed by atoms with Gasteiger partial charge in [0.05, 0.1) is 19.1 Å². The van der Waals surface area contributed by atoms with Gasteiger partial charge in [0.25, 0.3) is 0 Å². The molecule has 0 radical (unpaired) electrons. The van der Waals surface area contributed by atoms with Gasteiger partial charge in [-0.2, -0.15) is 0 Å². The minimum Gasteiger partial charge on any atom is -0.444 e. The highest BCUT2D eigenvalue weighted by Gasteiger charge is 2.56. The highest BCUT2D eigenvalue weighted by molar-refractivity contribution is 6.13. The van der Waals surface area contributed by atoms with Crippen molar-refractivity contribution in [3.63, 3.8) is 0 Å². The summed E-state index contributed by atoms with van der Waals surface area (Å²) in [6, 6.07) is 1.52. The van der Waals surface area contributed by atoms with Gasteiger partial charge in [-0.25, -0.2) is 14.8 Å². The summed E-state index contributed by atoms with van der Waals surface area (Å²) in [6.07, 6.45) is 3.78. The number of fused-ring (bicyclic) bond motifs is 2. The molecule has 3 atom stereocenters. The molecule has 3 unspecified atom stereocenters. The predicted octanol–water partition coefficient (Wildman–Crippen LogP) is 2.62. The molecule has 4 heterocycles.